The van der Waals surface area contributed by atoms with E-state index in [1.54, 1.807) is 22.9 Å². The number of aromatic amines is 1. The summed E-state index contributed by atoms with van der Waals surface area (Å²) in [6, 6.07) is 5.03. The molecule has 0 fully saturated rings. The summed E-state index contributed by atoms with van der Waals surface area (Å²) in [6.45, 7) is -1.98. The Morgan fingerprint density at radius 3 is 2.95 bits per heavy atom. The maximum absolute atomic E-state index is 11.9. The summed E-state index contributed by atoms with van der Waals surface area (Å²) >= 11 is 0. The highest BCUT2D eigenvalue weighted by molar-refractivity contribution is 7.88. The Bertz CT molecular complexity index is 828. The maximum atomic E-state index is 11.9. The molecule has 2 rings (SSSR count). The van der Waals surface area contributed by atoms with Crippen molar-refractivity contribution in [1.29, 1.82) is 0 Å². The van der Waals surface area contributed by atoms with Crippen LogP contribution in [0, 0.1) is 0 Å². The number of nitrogens with one attached hydrogen (secondary N) is 2. The van der Waals surface area contributed by atoms with E-state index in [1.165, 1.54) is 0 Å². The quantitative estimate of drug-likeness (QED) is 0.845. The van der Waals surface area contributed by atoms with Crippen molar-refractivity contribution in [2.75, 3.05) is 27.6 Å². The molecule has 0 unspecified atom stereocenters. The number of nitrogens with zero attached hydrogens (tertiary/aromatic N) is 1. The first kappa shape index (κ1) is 10.4. The van der Waals surface area contributed by atoms with Gasteiger partial charge in [0.2, 0.25) is 10.0 Å². The van der Waals surface area contributed by atoms with Gasteiger partial charge in [0.25, 0.3) is 0 Å². The largest absolute Gasteiger partial charge is 0.361 e. The molecule has 0 aliphatic carbocycles. The first-order valence-corrected chi connectivity index (χ1v) is 7.88. The summed E-state index contributed by atoms with van der Waals surface area (Å²) in [7, 11) is -0.0877. The fourth-order valence-corrected chi connectivity index (χ4v) is 2.73. The molecule has 1 aromatic carbocycles. The highest BCUT2D eigenvalue weighted by atomic mass is 32.2. The number of hydrogen-bond donors (Lipinski definition) is 2. The van der Waals surface area contributed by atoms with Crippen molar-refractivity contribution in [1.82, 2.24) is 14.6 Å². The van der Waals surface area contributed by atoms with Gasteiger partial charge in [0.05, 0.1) is 7.12 Å². The molecular weight excluding hydrogens is 274 g/mol. The van der Waals surface area contributed by atoms with Gasteiger partial charge in [-0.05, 0) is 50.8 Å². The Labute approximate surface area is 125 Å². The second-order valence-corrected chi connectivity index (χ2v) is 6.75. The van der Waals surface area contributed by atoms with Crippen LogP contribution < -0.4 is 4.72 Å². The number of fused-ring (bicyclic) bond motifs is 1. The van der Waals surface area contributed by atoms with Crippen molar-refractivity contribution in [3.05, 3.63) is 35.5 Å². The lowest BCUT2D eigenvalue weighted by Gasteiger charge is -2.08. The minimum absolute atomic E-state index is 0.312. The van der Waals surface area contributed by atoms with Crippen LogP contribution in [0.4, 0.5) is 0 Å². The fourth-order valence-electron chi connectivity index (χ4n) is 2.04. The summed E-state index contributed by atoms with van der Waals surface area (Å²) < 4.78 is 54.7. The van der Waals surface area contributed by atoms with Crippen LogP contribution >= 0.6 is 0 Å². The maximum Gasteiger partial charge on any atom is 0.215 e. The van der Waals surface area contributed by atoms with Gasteiger partial charge in [-0.25, -0.2) is 13.1 Å². The van der Waals surface area contributed by atoms with E-state index in [0.29, 0.717) is 18.2 Å². The third kappa shape index (κ3) is 3.59. The van der Waals surface area contributed by atoms with Crippen molar-refractivity contribution in [2.45, 2.75) is 12.2 Å². The van der Waals surface area contributed by atoms with Crippen molar-refractivity contribution in [3.8, 4) is 0 Å². The van der Waals surface area contributed by atoms with Gasteiger partial charge in [-0.3, -0.25) is 0 Å². The lowest BCUT2D eigenvalue weighted by molar-refractivity contribution is 0.414. The van der Waals surface area contributed by atoms with Crippen LogP contribution in [0.3, 0.4) is 0 Å². The first-order valence-electron chi connectivity index (χ1n) is 8.23. The average molecular weight is 299 g/mol. The number of aromatic nitrogens is 1. The van der Waals surface area contributed by atoms with Crippen molar-refractivity contribution in [2.24, 2.45) is 0 Å². The fraction of sp³-hybridized carbons (Fsp3) is 0.429. The molecule has 0 spiro atoms. The average Bonchev–Trinajstić information content (AvgIpc) is 2.68. The van der Waals surface area contributed by atoms with Gasteiger partial charge in [0.15, 0.2) is 0 Å². The van der Waals surface area contributed by atoms with Crippen LogP contribution in [0.5, 0.6) is 0 Å². The molecule has 0 aliphatic rings. The van der Waals surface area contributed by atoms with Gasteiger partial charge in [-0.1, -0.05) is 6.07 Å². The van der Waals surface area contributed by atoms with E-state index in [0.717, 1.165) is 23.0 Å². The van der Waals surface area contributed by atoms with E-state index < -0.39 is 22.8 Å². The van der Waals surface area contributed by atoms with Gasteiger partial charge in [-0.15, -0.1) is 0 Å². The van der Waals surface area contributed by atoms with Crippen LogP contribution in [0.15, 0.2) is 24.4 Å². The minimum Gasteiger partial charge on any atom is -0.361 e. The molecule has 0 radical (unpaired) electrons. The summed E-state index contributed by atoms with van der Waals surface area (Å²) in [5.74, 6) is -0.424. The highest BCUT2D eigenvalue weighted by Gasteiger charge is 2.11. The Balaban J connectivity index is 2.31. The van der Waals surface area contributed by atoms with Crippen molar-refractivity contribution < 1.29 is 13.9 Å². The van der Waals surface area contributed by atoms with Crippen LogP contribution in [-0.4, -0.2) is 45.9 Å². The highest BCUT2D eigenvalue weighted by Crippen LogP contribution is 2.21. The Morgan fingerprint density at radius 2 is 2.25 bits per heavy atom. The molecule has 5 nitrogen and oxygen atoms in total. The van der Waals surface area contributed by atoms with Gasteiger partial charge < -0.3 is 9.88 Å². The smallest absolute Gasteiger partial charge is 0.215 e. The van der Waals surface area contributed by atoms with Crippen molar-refractivity contribution >= 4 is 20.9 Å². The predicted molar refractivity (Wildman–Crippen MR) is 82.2 cm³/mol. The predicted octanol–water partition coefficient (Wildman–Crippen LogP) is 1.32. The third-order valence-electron chi connectivity index (χ3n) is 3.08. The lowest BCUT2D eigenvalue weighted by atomic mass is 10.1. The zero-order chi connectivity index (χ0) is 18.1. The summed E-state index contributed by atoms with van der Waals surface area (Å²) in [5, 5.41) is 0.795. The number of likely N-dealkylation sites (N-methyl/N-ethyl adjacent to an activating group) is 1. The zero-order valence-corrected chi connectivity index (χ0v) is 12.3. The second kappa shape index (κ2) is 5.95. The van der Waals surface area contributed by atoms with Crippen LogP contribution in [0.2, 0.25) is 0 Å². The molecule has 0 saturated carbocycles. The zero-order valence-electron chi connectivity index (χ0n) is 15.5. The van der Waals surface area contributed by atoms with Gasteiger partial charge in [-0.2, -0.15) is 0 Å². The standard InChI is InChI=1S/C14H21N3O2S/c1-15-20(18,19)10-11-4-5-14-13(8-11)12(9-16-14)6-7-17(2)3/h4-5,8-9,15-16H,6-7,10H2,1-3H3/i1D3,9D. The molecule has 0 saturated heterocycles. The van der Waals surface area contributed by atoms with E-state index in [4.69, 9.17) is 5.48 Å². The molecule has 0 bridgehead atoms. The van der Waals surface area contributed by atoms with E-state index in [2.05, 4.69) is 4.98 Å². The lowest BCUT2D eigenvalue weighted by Crippen LogP contribution is -2.20. The molecule has 0 amide bonds. The summed E-state index contributed by atoms with van der Waals surface area (Å²) in [4.78, 5) is 4.98. The minimum atomic E-state index is -3.97. The topological polar surface area (TPSA) is 65.2 Å². The van der Waals surface area contributed by atoms with Crippen LogP contribution in [0.1, 0.15) is 16.6 Å². The molecular formula is C14H21N3O2S. The SMILES string of the molecule is [2H]c1[nH]c2ccc(CS(=O)(=O)NC([2H])([2H])[2H])cc2c1CCN(C)C. The van der Waals surface area contributed by atoms with Crippen molar-refractivity contribution in [3.63, 3.8) is 0 Å². The molecule has 0 aliphatic heterocycles. The van der Waals surface area contributed by atoms with E-state index >= 15 is 0 Å². The molecule has 1 heterocycles. The normalized spacial score (nSPS) is 15.9. The summed E-state index contributed by atoms with van der Waals surface area (Å²) in [5.41, 5.74) is 2.06. The van der Waals surface area contributed by atoms with Crippen LogP contribution in [-0.2, 0) is 22.2 Å². The van der Waals surface area contributed by atoms with Gasteiger partial charge >= 0.3 is 0 Å². The molecule has 1 aromatic heterocycles. The Kier molecular flexibility index (Phi) is 3.08. The molecule has 20 heavy (non-hydrogen) atoms. The number of H-pyrrole nitrogens is 1. The van der Waals surface area contributed by atoms with E-state index in [1.807, 2.05) is 19.0 Å². The first-order chi connectivity index (χ1) is 11.0. The number of benzene rings is 1. The summed E-state index contributed by atoms with van der Waals surface area (Å²) in [6.07, 6.45) is 0.975. The molecule has 0 atom stereocenters. The number of rotatable bonds is 6. The van der Waals surface area contributed by atoms with Crippen LogP contribution in [0.25, 0.3) is 10.9 Å². The molecule has 2 N–H and O–H groups in total. The Hall–Kier alpha value is -1.37. The Morgan fingerprint density at radius 1 is 1.45 bits per heavy atom. The van der Waals surface area contributed by atoms with E-state index in [-0.39, 0.29) is 0 Å². The second-order valence-electron chi connectivity index (χ2n) is 5.02. The third-order valence-corrected chi connectivity index (χ3v) is 4.10. The molecule has 6 heteroatoms. The monoisotopic (exact) mass is 299 g/mol. The van der Waals surface area contributed by atoms with Gasteiger partial charge in [0.1, 0.15) is 0 Å². The molecule has 110 valence electrons. The number of hydrogen-bond acceptors (Lipinski definition) is 3. The van der Waals surface area contributed by atoms with E-state index in [9.17, 15) is 8.42 Å². The molecule has 2 aromatic rings. The number of sulfonamides is 1. The van der Waals surface area contributed by atoms with Gasteiger partial charge in [0, 0.05) is 27.7 Å².